The molecule has 0 aliphatic heterocycles. The van der Waals surface area contributed by atoms with Crippen molar-refractivity contribution in [3.63, 3.8) is 0 Å². The third-order valence-corrected chi connectivity index (χ3v) is 5.10. The maximum Gasteiger partial charge on any atom is 0.412 e. The van der Waals surface area contributed by atoms with Crippen LogP contribution in [0.5, 0.6) is 17.2 Å². The van der Waals surface area contributed by atoms with E-state index in [1.807, 2.05) is 54.6 Å². The Bertz CT molecular complexity index is 1180. The van der Waals surface area contributed by atoms with Gasteiger partial charge in [0.05, 0.1) is 26.4 Å². The molecule has 0 unspecified atom stereocenters. The van der Waals surface area contributed by atoms with E-state index in [1.165, 1.54) is 0 Å². The van der Waals surface area contributed by atoms with Gasteiger partial charge in [0.15, 0.2) is 0 Å². The number of para-hydroxylation sites is 1. The highest BCUT2D eigenvalue weighted by Crippen LogP contribution is 2.33. The zero-order valence-corrected chi connectivity index (χ0v) is 21.5. The van der Waals surface area contributed by atoms with Crippen LogP contribution in [0, 0.1) is 0 Å². The van der Waals surface area contributed by atoms with Crippen molar-refractivity contribution in [2.24, 2.45) is 0 Å². The fraction of sp³-hybridized carbons (Fsp3) is 0.310. The summed E-state index contributed by atoms with van der Waals surface area (Å²) in [5.41, 5.74) is 0.347. The van der Waals surface area contributed by atoms with Gasteiger partial charge in [0.1, 0.15) is 37.1 Å². The summed E-state index contributed by atoms with van der Waals surface area (Å²) < 4.78 is 32.8. The molecule has 0 aliphatic rings. The first kappa shape index (κ1) is 28.5. The Morgan fingerprint density at radius 3 is 2.05 bits per heavy atom. The third kappa shape index (κ3) is 9.76. The highest BCUT2D eigenvalue weighted by Gasteiger charge is 2.11. The van der Waals surface area contributed by atoms with Crippen LogP contribution >= 0.6 is 0 Å². The second kappa shape index (κ2) is 15.9. The lowest BCUT2D eigenvalue weighted by Crippen LogP contribution is -2.30. The molecule has 202 valence electrons. The van der Waals surface area contributed by atoms with Gasteiger partial charge in [0.2, 0.25) is 0 Å². The minimum absolute atomic E-state index is 0.156. The molecule has 0 bridgehead atoms. The Hall–Kier alpha value is -4.08. The monoisotopic (exact) mass is 523 g/mol. The molecular formula is C29H33NO8. The minimum Gasteiger partial charge on any atom is -0.490 e. The Kier molecular flexibility index (Phi) is 11.9. The predicted molar refractivity (Wildman–Crippen MR) is 143 cm³/mol. The third-order valence-electron chi connectivity index (χ3n) is 5.10. The van der Waals surface area contributed by atoms with Crippen LogP contribution in [0.15, 0.2) is 78.9 Å². The van der Waals surface area contributed by atoms with Crippen LogP contribution < -0.4 is 19.5 Å². The van der Waals surface area contributed by atoms with Crippen LogP contribution in [0.3, 0.4) is 0 Å². The summed E-state index contributed by atoms with van der Waals surface area (Å²) in [4.78, 5) is 23.5. The number of amides is 1. The van der Waals surface area contributed by atoms with Crippen molar-refractivity contribution in [3.05, 3.63) is 78.9 Å². The van der Waals surface area contributed by atoms with E-state index < -0.39 is 12.1 Å². The van der Waals surface area contributed by atoms with E-state index >= 15 is 0 Å². The normalized spacial score (nSPS) is 10.6. The maximum absolute atomic E-state index is 12.3. The van der Waals surface area contributed by atoms with Gasteiger partial charge in [-0.1, -0.05) is 49.0 Å². The SMILES string of the molecule is C=C(C)C(=O)OCCOCCOCCNC(=O)Oc1ccc(OCCOc2ccccc2)c2ccccc12. The molecule has 3 rings (SSSR count). The zero-order chi connectivity index (χ0) is 27.0. The first-order chi connectivity index (χ1) is 18.5. The number of ether oxygens (including phenoxy) is 6. The van der Waals surface area contributed by atoms with Crippen molar-refractivity contribution in [1.29, 1.82) is 0 Å². The van der Waals surface area contributed by atoms with Gasteiger partial charge in [0.25, 0.3) is 0 Å². The van der Waals surface area contributed by atoms with Gasteiger partial charge in [-0.2, -0.15) is 0 Å². The average molecular weight is 524 g/mol. The minimum atomic E-state index is -0.584. The Morgan fingerprint density at radius 1 is 0.711 bits per heavy atom. The molecule has 0 saturated heterocycles. The van der Waals surface area contributed by atoms with E-state index in [0.717, 1.165) is 16.5 Å². The second-order valence-corrected chi connectivity index (χ2v) is 8.07. The molecule has 38 heavy (non-hydrogen) atoms. The van der Waals surface area contributed by atoms with Crippen LogP contribution in [0.2, 0.25) is 0 Å². The van der Waals surface area contributed by atoms with Crippen molar-refractivity contribution in [1.82, 2.24) is 5.32 Å². The summed E-state index contributed by atoms with van der Waals surface area (Å²) in [5, 5.41) is 4.25. The summed E-state index contributed by atoms with van der Waals surface area (Å²) in [7, 11) is 0. The first-order valence-corrected chi connectivity index (χ1v) is 12.3. The van der Waals surface area contributed by atoms with E-state index in [2.05, 4.69) is 11.9 Å². The number of rotatable bonds is 16. The molecule has 9 nitrogen and oxygen atoms in total. The lowest BCUT2D eigenvalue weighted by molar-refractivity contribution is -0.140. The Balaban J connectivity index is 1.34. The quantitative estimate of drug-likeness (QED) is 0.166. The fourth-order valence-corrected chi connectivity index (χ4v) is 3.29. The molecule has 1 N–H and O–H groups in total. The molecule has 0 radical (unpaired) electrons. The Morgan fingerprint density at radius 2 is 1.32 bits per heavy atom. The van der Waals surface area contributed by atoms with Gasteiger partial charge in [-0.15, -0.1) is 0 Å². The van der Waals surface area contributed by atoms with Gasteiger partial charge in [0, 0.05) is 22.9 Å². The van der Waals surface area contributed by atoms with Crippen LogP contribution in [-0.2, 0) is 19.0 Å². The van der Waals surface area contributed by atoms with E-state index in [4.69, 9.17) is 28.4 Å². The summed E-state index contributed by atoms with van der Waals surface area (Å²) in [6, 6.07) is 20.6. The standard InChI is InChI=1S/C29H33NO8/c1-22(2)28(31)37-19-18-34-17-16-33-15-14-30-29(32)38-27-13-12-26(24-10-6-7-11-25(24)27)36-21-20-35-23-8-4-3-5-9-23/h3-13H,1,14-21H2,2H3,(H,30,32). The molecule has 0 fully saturated rings. The topological polar surface area (TPSA) is 102 Å². The number of hydrogen-bond acceptors (Lipinski definition) is 8. The molecule has 0 spiro atoms. The van der Waals surface area contributed by atoms with E-state index in [9.17, 15) is 9.59 Å². The molecule has 3 aromatic carbocycles. The lowest BCUT2D eigenvalue weighted by atomic mass is 10.1. The zero-order valence-electron chi connectivity index (χ0n) is 21.5. The number of esters is 1. The van der Waals surface area contributed by atoms with Crippen LogP contribution in [0.25, 0.3) is 10.8 Å². The van der Waals surface area contributed by atoms with Crippen LogP contribution in [-0.4, -0.2) is 64.9 Å². The smallest absolute Gasteiger partial charge is 0.412 e. The number of carbonyl (C=O) groups is 2. The van der Waals surface area contributed by atoms with Crippen molar-refractivity contribution < 1.29 is 38.0 Å². The largest absolute Gasteiger partial charge is 0.490 e. The van der Waals surface area contributed by atoms with Crippen molar-refractivity contribution in [2.75, 3.05) is 52.8 Å². The van der Waals surface area contributed by atoms with Crippen molar-refractivity contribution >= 4 is 22.8 Å². The summed E-state index contributed by atoms with van der Waals surface area (Å²) in [5.74, 6) is 1.44. The van der Waals surface area contributed by atoms with Gasteiger partial charge in [-0.3, -0.25) is 0 Å². The van der Waals surface area contributed by atoms with Gasteiger partial charge >= 0.3 is 12.1 Å². The van der Waals surface area contributed by atoms with Crippen molar-refractivity contribution in [3.8, 4) is 17.2 Å². The second-order valence-electron chi connectivity index (χ2n) is 8.07. The molecule has 0 aromatic heterocycles. The predicted octanol–water partition coefficient (Wildman–Crippen LogP) is 4.54. The van der Waals surface area contributed by atoms with E-state index in [0.29, 0.717) is 50.1 Å². The fourth-order valence-electron chi connectivity index (χ4n) is 3.29. The van der Waals surface area contributed by atoms with Crippen LogP contribution in [0.4, 0.5) is 4.79 Å². The molecule has 0 atom stereocenters. The van der Waals surface area contributed by atoms with E-state index in [-0.39, 0.29) is 19.8 Å². The van der Waals surface area contributed by atoms with Gasteiger partial charge in [-0.05, 0) is 31.2 Å². The molecule has 3 aromatic rings. The average Bonchev–Trinajstić information content (AvgIpc) is 2.93. The number of nitrogens with one attached hydrogen (secondary N) is 1. The molecular weight excluding hydrogens is 490 g/mol. The van der Waals surface area contributed by atoms with Crippen LogP contribution in [0.1, 0.15) is 6.92 Å². The lowest BCUT2D eigenvalue weighted by Gasteiger charge is -2.13. The number of fused-ring (bicyclic) bond motifs is 1. The van der Waals surface area contributed by atoms with E-state index in [1.54, 1.807) is 19.1 Å². The summed E-state index contributed by atoms with van der Waals surface area (Å²) >= 11 is 0. The molecule has 0 aliphatic carbocycles. The number of benzene rings is 3. The molecule has 0 saturated carbocycles. The first-order valence-electron chi connectivity index (χ1n) is 12.3. The van der Waals surface area contributed by atoms with Gasteiger partial charge in [-0.25, -0.2) is 9.59 Å². The maximum atomic E-state index is 12.3. The number of hydrogen-bond donors (Lipinski definition) is 1. The molecule has 9 heteroatoms. The molecule has 0 heterocycles. The van der Waals surface area contributed by atoms with Gasteiger partial charge < -0.3 is 33.7 Å². The highest BCUT2D eigenvalue weighted by atomic mass is 16.6. The summed E-state index contributed by atoms with van der Waals surface area (Å²) in [6.45, 7) is 7.53. The van der Waals surface area contributed by atoms with Crippen molar-refractivity contribution in [2.45, 2.75) is 6.92 Å². The molecule has 1 amide bonds. The summed E-state index contributed by atoms with van der Waals surface area (Å²) in [6.07, 6.45) is -0.584. The Labute approximate surface area is 222 Å². The number of carbonyl (C=O) groups excluding carboxylic acids is 2. The highest BCUT2D eigenvalue weighted by molar-refractivity contribution is 5.94.